The second-order valence-corrected chi connectivity index (χ2v) is 7.28. The third kappa shape index (κ3) is 3.45. The highest BCUT2D eigenvalue weighted by Gasteiger charge is 2.34. The van der Waals surface area contributed by atoms with Gasteiger partial charge in [0.05, 0.1) is 6.04 Å². The highest BCUT2D eigenvalue weighted by molar-refractivity contribution is 5.78. The molecule has 1 aromatic carbocycles. The van der Waals surface area contributed by atoms with Crippen LogP contribution in [0.1, 0.15) is 55.4 Å². The Kier molecular flexibility index (Phi) is 4.91. The number of carbonyl (C=O) groups excluding carboxylic acids is 1. The first kappa shape index (κ1) is 17.1. The van der Waals surface area contributed by atoms with E-state index >= 15 is 0 Å². The molecule has 0 spiro atoms. The monoisotopic (exact) mass is 354 g/mol. The van der Waals surface area contributed by atoms with Gasteiger partial charge in [0.1, 0.15) is 11.6 Å². The van der Waals surface area contributed by atoms with Crippen LogP contribution in [0.25, 0.3) is 0 Å². The Hall–Kier alpha value is -2.37. The van der Waals surface area contributed by atoms with Crippen molar-refractivity contribution in [1.82, 2.24) is 19.7 Å². The van der Waals surface area contributed by atoms with E-state index in [9.17, 15) is 4.79 Å². The molecule has 0 radical (unpaired) electrons. The number of aromatic nitrogens is 3. The van der Waals surface area contributed by atoms with Gasteiger partial charge in [-0.2, -0.15) is 0 Å². The Labute approximate surface area is 154 Å². The van der Waals surface area contributed by atoms with E-state index in [1.807, 2.05) is 36.1 Å². The molecule has 2 aliphatic rings. The number of fused-ring (bicyclic) bond motifs is 1. The lowest BCUT2D eigenvalue weighted by Gasteiger charge is -2.24. The van der Waals surface area contributed by atoms with Crippen LogP contribution in [0, 0.1) is 6.92 Å². The zero-order chi connectivity index (χ0) is 17.9. The lowest BCUT2D eigenvalue weighted by atomic mass is 10.2. The quantitative estimate of drug-likeness (QED) is 0.847. The number of benzene rings is 1. The molecule has 6 heteroatoms. The predicted octanol–water partition coefficient (Wildman–Crippen LogP) is 3.06. The van der Waals surface area contributed by atoms with Gasteiger partial charge < -0.3 is 14.2 Å². The van der Waals surface area contributed by atoms with Crippen LogP contribution >= 0.6 is 0 Å². The summed E-state index contributed by atoms with van der Waals surface area (Å²) in [6.07, 6.45) is 6.52. The summed E-state index contributed by atoms with van der Waals surface area (Å²) in [5.41, 5.74) is 1.18. The smallest absolute Gasteiger partial charge is 0.261 e. The third-order valence-corrected chi connectivity index (χ3v) is 5.39. The molecule has 0 bridgehead atoms. The van der Waals surface area contributed by atoms with Crippen molar-refractivity contribution in [3.05, 3.63) is 41.5 Å². The summed E-state index contributed by atoms with van der Waals surface area (Å²) in [6.45, 7) is 3.84. The van der Waals surface area contributed by atoms with E-state index in [4.69, 9.17) is 4.74 Å². The topological polar surface area (TPSA) is 60.2 Å². The fourth-order valence-electron chi connectivity index (χ4n) is 3.95. The highest BCUT2D eigenvalue weighted by Crippen LogP contribution is 2.32. The summed E-state index contributed by atoms with van der Waals surface area (Å²) >= 11 is 0. The zero-order valence-corrected chi connectivity index (χ0v) is 15.4. The lowest BCUT2D eigenvalue weighted by Crippen LogP contribution is -2.35. The van der Waals surface area contributed by atoms with Crippen LogP contribution < -0.4 is 4.74 Å². The van der Waals surface area contributed by atoms with Gasteiger partial charge in [0, 0.05) is 19.5 Å². The van der Waals surface area contributed by atoms with Crippen molar-refractivity contribution in [1.29, 1.82) is 0 Å². The van der Waals surface area contributed by atoms with E-state index in [1.165, 1.54) is 18.4 Å². The Morgan fingerprint density at radius 2 is 1.96 bits per heavy atom. The van der Waals surface area contributed by atoms with Crippen molar-refractivity contribution in [2.24, 2.45) is 0 Å². The van der Waals surface area contributed by atoms with Gasteiger partial charge in [0.2, 0.25) is 0 Å². The average Bonchev–Trinajstić information content (AvgIpc) is 3.22. The number of likely N-dealkylation sites (tertiary alicyclic amines) is 1. The fourth-order valence-corrected chi connectivity index (χ4v) is 3.95. The molecule has 1 saturated heterocycles. The molecule has 1 amide bonds. The molecule has 0 saturated carbocycles. The van der Waals surface area contributed by atoms with Crippen LogP contribution in [-0.4, -0.2) is 38.7 Å². The second-order valence-electron chi connectivity index (χ2n) is 7.28. The average molecular weight is 354 g/mol. The standard InChI is InChI=1S/C20H26N4O2/c1-15-8-10-16(11-9-15)26-14-19(25)23-13-5-6-17(23)20-22-21-18-7-3-2-4-12-24(18)20/h8-11,17H,2-7,12-14H2,1H3. The predicted molar refractivity (Wildman–Crippen MR) is 97.9 cm³/mol. The number of hydrogen-bond donors (Lipinski definition) is 0. The lowest BCUT2D eigenvalue weighted by molar-refractivity contribution is -0.134. The second kappa shape index (κ2) is 7.48. The fraction of sp³-hybridized carbons (Fsp3) is 0.550. The van der Waals surface area contributed by atoms with E-state index in [2.05, 4.69) is 14.8 Å². The van der Waals surface area contributed by atoms with Crippen LogP contribution in [0.3, 0.4) is 0 Å². The molecule has 3 heterocycles. The highest BCUT2D eigenvalue weighted by atomic mass is 16.5. The zero-order valence-electron chi connectivity index (χ0n) is 15.4. The molecular formula is C20H26N4O2. The third-order valence-electron chi connectivity index (χ3n) is 5.39. The van der Waals surface area contributed by atoms with Crippen LogP contribution in [0.4, 0.5) is 0 Å². The molecule has 138 valence electrons. The molecule has 0 N–H and O–H groups in total. The van der Waals surface area contributed by atoms with Crippen molar-refractivity contribution < 1.29 is 9.53 Å². The molecule has 1 unspecified atom stereocenters. The summed E-state index contributed by atoms with van der Waals surface area (Å²) in [4.78, 5) is 14.7. The number of hydrogen-bond acceptors (Lipinski definition) is 4. The maximum absolute atomic E-state index is 12.8. The Bertz CT molecular complexity index is 769. The van der Waals surface area contributed by atoms with E-state index < -0.39 is 0 Å². The Morgan fingerprint density at radius 3 is 2.81 bits per heavy atom. The maximum atomic E-state index is 12.8. The molecule has 26 heavy (non-hydrogen) atoms. The molecule has 1 fully saturated rings. The number of amides is 1. The molecule has 1 aromatic heterocycles. The summed E-state index contributed by atoms with van der Waals surface area (Å²) in [6, 6.07) is 7.82. The minimum absolute atomic E-state index is 0.0269. The number of aryl methyl sites for hydroxylation is 2. The first-order valence-corrected chi connectivity index (χ1v) is 9.63. The molecule has 6 nitrogen and oxygen atoms in total. The summed E-state index contributed by atoms with van der Waals surface area (Å²) in [5.74, 6) is 2.80. The SMILES string of the molecule is Cc1ccc(OCC(=O)N2CCCC2c2nnc3n2CCCCC3)cc1. The molecule has 0 aliphatic carbocycles. The van der Waals surface area contributed by atoms with Crippen molar-refractivity contribution >= 4 is 5.91 Å². The van der Waals surface area contributed by atoms with Gasteiger partial charge in [-0.05, 0) is 44.7 Å². The van der Waals surface area contributed by atoms with Gasteiger partial charge in [-0.1, -0.05) is 24.1 Å². The number of rotatable bonds is 4. The van der Waals surface area contributed by atoms with Gasteiger partial charge in [-0.25, -0.2) is 0 Å². The van der Waals surface area contributed by atoms with Crippen molar-refractivity contribution in [2.45, 2.75) is 58.0 Å². The van der Waals surface area contributed by atoms with Crippen molar-refractivity contribution in [3.63, 3.8) is 0 Å². The normalized spacial score (nSPS) is 19.9. The van der Waals surface area contributed by atoms with Gasteiger partial charge >= 0.3 is 0 Å². The number of nitrogens with zero attached hydrogens (tertiary/aromatic N) is 4. The Morgan fingerprint density at radius 1 is 1.12 bits per heavy atom. The minimum atomic E-state index is 0.0269. The molecule has 2 aromatic rings. The molecular weight excluding hydrogens is 328 g/mol. The Balaban J connectivity index is 1.45. The maximum Gasteiger partial charge on any atom is 0.261 e. The van der Waals surface area contributed by atoms with Gasteiger partial charge in [-0.15, -0.1) is 10.2 Å². The van der Waals surface area contributed by atoms with E-state index in [1.54, 1.807) is 0 Å². The largest absolute Gasteiger partial charge is 0.484 e. The van der Waals surface area contributed by atoms with Crippen molar-refractivity contribution in [3.8, 4) is 5.75 Å². The van der Waals surface area contributed by atoms with E-state index in [0.717, 1.165) is 56.2 Å². The van der Waals surface area contributed by atoms with Gasteiger partial charge in [0.25, 0.3) is 5.91 Å². The van der Waals surface area contributed by atoms with Crippen molar-refractivity contribution in [2.75, 3.05) is 13.2 Å². The summed E-state index contributed by atoms with van der Waals surface area (Å²) in [7, 11) is 0. The van der Waals surface area contributed by atoms with Gasteiger partial charge in [0.15, 0.2) is 12.4 Å². The van der Waals surface area contributed by atoms with Crippen LogP contribution in [0.2, 0.25) is 0 Å². The van der Waals surface area contributed by atoms with E-state index in [-0.39, 0.29) is 18.6 Å². The van der Waals surface area contributed by atoms with Crippen LogP contribution in [-0.2, 0) is 17.8 Å². The minimum Gasteiger partial charge on any atom is -0.484 e. The van der Waals surface area contributed by atoms with Crippen LogP contribution in [0.5, 0.6) is 5.75 Å². The molecule has 2 aliphatic heterocycles. The summed E-state index contributed by atoms with van der Waals surface area (Å²) < 4.78 is 7.95. The first-order valence-electron chi connectivity index (χ1n) is 9.63. The van der Waals surface area contributed by atoms with Gasteiger partial charge in [-0.3, -0.25) is 4.79 Å². The first-order chi connectivity index (χ1) is 12.7. The van der Waals surface area contributed by atoms with E-state index in [0.29, 0.717) is 0 Å². The van der Waals surface area contributed by atoms with Crippen LogP contribution in [0.15, 0.2) is 24.3 Å². The molecule has 4 rings (SSSR count). The summed E-state index contributed by atoms with van der Waals surface area (Å²) in [5, 5.41) is 8.86. The molecule has 1 atom stereocenters. The number of ether oxygens (including phenoxy) is 1. The number of carbonyl (C=O) groups is 1.